The predicted molar refractivity (Wildman–Crippen MR) is 87.3 cm³/mol. The summed E-state index contributed by atoms with van der Waals surface area (Å²) < 4.78 is 0. The summed E-state index contributed by atoms with van der Waals surface area (Å²) in [4.78, 5) is 2.87. The van der Waals surface area contributed by atoms with E-state index in [9.17, 15) is 0 Å². The zero-order valence-corrected chi connectivity index (χ0v) is 13.2. The van der Waals surface area contributed by atoms with Crippen LogP contribution in [0.25, 0.3) is 0 Å². The van der Waals surface area contributed by atoms with Gasteiger partial charge in [0.15, 0.2) is 0 Å². The van der Waals surface area contributed by atoms with Gasteiger partial charge < -0.3 is 5.32 Å². The highest BCUT2D eigenvalue weighted by Crippen LogP contribution is 2.48. The maximum Gasteiger partial charge on any atom is 0.0236 e. The van der Waals surface area contributed by atoms with E-state index in [-0.39, 0.29) is 0 Å². The first-order valence-corrected chi connectivity index (χ1v) is 8.84. The van der Waals surface area contributed by atoms with Crippen molar-refractivity contribution in [1.29, 1.82) is 0 Å². The van der Waals surface area contributed by atoms with Crippen LogP contribution in [0.4, 0.5) is 0 Å². The second-order valence-electron chi connectivity index (χ2n) is 7.51. The van der Waals surface area contributed by atoms with Crippen LogP contribution < -0.4 is 5.32 Å². The molecule has 2 heteroatoms. The molecule has 2 saturated carbocycles. The van der Waals surface area contributed by atoms with Crippen LogP contribution in [0.15, 0.2) is 30.3 Å². The molecular formula is C19H28N2. The minimum atomic E-state index is 0.628. The van der Waals surface area contributed by atoms with E-state index in [1.165, 1.54) is 44.2 Å². The summed E-state index contributed by atoms with van der Waals surface area (Å²) in [6, 6.07) is 13.2. The number of rotatable bonds is 5. The molecule has 0 radical (unpaired) electrons. The molecule has 3 aliphatic rings. The van der Waals surface area contributed by atoms with E-state index in [0.29, 0.717) is 12.1 Å². The smallest absolute Gasteiger partial charge is 0.0236 e. The summed E-state index contributed by atoms with van der Waals surface area (Å²) in [6.07, 6.45) is 7.12. The molecule has 1 aromatic rings. The van der Waals surface area contributed by atoms with Gasteiger partial charge in [-0.25, -0.2) is 0 Å². The second kappa shape index (κ2) is 5.73. The normalized spacial score (nSPS) is 30.8. The first-order chi connectivity index (χ1) is 10.3. The molecule has 2 nitrogen and oxygen atoms in total. The largest absolute Gasteiger partial charge is 0.311 e. The van der Waals surface area contributed by atoms with Gasteiger partial charge in [-0.2, -0.15) is 0 Å². The van der Waals surface area contributed by atoms with Crippen molar-refractivity contribution >= 4 is 0 Å². The lowest BCUT2D eigenvalue weighted by Crippen LogP contribution is -2.60. The Morgan fingerprint density at radius 2 is 1.76 bits per heavy atom. The number of nitrogens with zero attached hydrogens (tertiary/aromatic N) is 1. The van der Waals surface area contributed by atoms with Crippen molar-refractivity contribution in [3.05, 3.63) is 35.9 Å². The highest BCUT2D eigenvalue weighted by molar-refractivity contribution is 5.16. The van der Waals surface area contributed by atoms with Crippen molar-refractivity contribution in [2.45, 2.75) is 57.2 Å². The van der Waals surface area contributed by atoms with Gasteiger partial charge in [0, 0.05) is 31.2 Å². The van der Waals surface area contributed by atoms with Crippen molar-refractivity contribution in [2.24, 2.45) is 11.8 Å². The zero-order chi connectivity index (χ0) is 14.2. The number of nitrogens with one attached hydrogen (secondary N) is 1. The molecule has 1 heterocycles. The van der Waals surface area contributed by atoms with E-state index in [1.54, 1.807) is 0 Å². The van der Waals surface area contributed by atoms with Gasteiger partial charge in [-0.15, -0.1) is 0 Å². The summed E-state index contributed by atoms with van der Waals surface area (Å²) in [7, 11) is 0. The molecule has 21 heavy (non-hydrogen) atoms. The van der Waals surface area contributed by atoms with E-state index >= 15 is 0 Å². The maximum absolute atomic E-state index is 3.78. The Labute approximate surface area is 128 Å². The summed E-state index contributed by atoms with van der Waals surface area (Å²) in [5.74, 6) is 2.05. The SMILES string of the molecule is CC1CNC(Cc2ccccc2)CN1C(C1CC1)C1CC1. The average molecular weight is 284 g/mol. The Balaban J connectivity index is 1.43. The lowest BCUT2D eigenvalue weighted by atomic mass is 9.97. The van der Waals surface area contributed by atoms with Gasteiger partial charge in [0.1, 0.15) is 0 Å². The van der Waals surface area contributed by atoms with Crippen LogP contribution in [0.5, 0.6) is 0 Å². The van der Waals surface area contributed by atoms with Gasteiger partial charge in [-0.3, -0.25) is 4.90 Å². The van der Waals surface area contributed by atoms with Crippen LogP contribution in [0.2, 0.25) is 0 Å². The molecule has 1 aromatic carbocycles. The van der Waals surface area contributed by atoms with Gasteiger partial charge >= 0.3 is 0 Å². The van der Waals surface area contributed by atoms with E-state index in [1.807, 2.05) is 0 Å². The Hall–Kier alpha value is -0.860. The molecule has 0 aromatic heterocycles. The summed E-state index contributed by atoms with van der Waals surface area (Å²) in [6.45, 7) is 4.82. The maximum atomic E-state index is 3.78. The Morgan fingerprint density at radius 3 is 2.38 bits per heavy atom. The fourth-order valence-corrected chi connectivity index (χ4v) is 4.21. The molecule has 1 aliphatic heterocycles. The molecule has 2 unspecified atom stereocenters. The van der Waals surface area contributed by atoms with E-state index in [4.69, 9.17) is 0 Å². The molecule has 0 spiro atoms. The third-order valence-corrected chi connectivity index (χ3v) is 5.62. The average Bonchev–Trinajstić information content (AvgIpc) is 3.37. The fraction of sp³-hybridized carbons (Fsp3) is 0.684. The number of piperazine rings is 1. The van der Waals surface area contributed by atoms with Crippen LogP contribution in [0.1, 0.15) is 38.2 Å². The third-order valence-electron chi connectivity index (χ3n) is 5.62. The van der Waals surface area contributed by atoms with Crippen molar-refractivity contribution in [2.75, 3.05) is 13.1 Å². The molecule has 2 aliphatic carbocycles. The quantitative estimate of drug-likeness (QED) is 0.894. The van der Waals surface area contributed by atoms with Crippen molar-refractivity contribution in [3.63, 3.8) is 0 Å². The molecule has 0 bridgehead atoms. The van der Waals surface area contributed by atoms with Gasteiger partial charge in [-0.05, 0) is 56.4 Å². The monoisotopic (exact) mass is 284 g/mol. The highest BCUT2D eigenvalue weighted by atomic mass is 15.3. The van der Waals surface area contributed by atoms with Gasteiger partial charge in [0.2, 0.25) is 0 Å². The molecular weight excluding hydrogens is 256 g/mol. The fourth-order valence-electron chi connectivity index (χ4n) is 4.21. The van der Waals surface area contributed by atoms with Gasteiger partial charge in [-0.1, -0.05) is 30.3 Å². The molecule has 1 N–H and O–H groups in total. The topological polar surface area (TPSA) is 15.3 Å². The molecule has 4 rings (SSSR count). The molecule has 3 fully saturated rings. The Bertz CT molecular complexity index is 452. The summed E-state index contributed by atoms with van der Waals surface area (Å²) in [5.41, 5.74) is 1.47. The molecule has 2 atom stereocenters. The van der Waals surface area contributed by atoms with Crippen LogP contribution in [-0.4, -0.2) is 36.1 Å². The standard InChI is InChI=1S/C19H28N2/c1-14-12-20-18(11-15-5-3-2-4-6-15)13-21(14)19(16-7-8-16)17-9-10-17/h2-6,14,16-20H,7-13H2,1H3. The third kappa shape index (κ3) is 3.17. The molecule has 114 valence electrons. The van der Waals surface area contributed by atoms with Crippen LogP contribution >= 0.6 is 0 Å². The Morgan fingerprint density at radius 1 is 1.10 bits per heavy atom. The first-order valence-electron chi connectivity index (χ1n) is 8.84. The molecule has 0 amide bonds. The van der Waals surface area contributed by atoms with Crippen LogP contribution in [0.3, 0.4) is 0 Å². The number of hydrogen-bond donors (Lipinski definition) is 1. The van der Waals surface area contributed by atoms with E-state index in [0.717, 1.165) is 24.4 Å². The minimum absolute atomic E-state index is 0.628. The van der Waals surface area contributed by atoms with Crippen LogP contribution in [-0.2, 0) is 6.42 Å². The summed E-state index contributed by atoms with van der Waals surface area (Å²) in [5, 5.41) is 3.78. The number of benzene rings is 1. The lowest BCUT2D eigenvalue weighted by Gasteiger charge is -2.44. The molecule has 1 saturated heterocycles. The van der Waals surface area contributed by atoms with Crippen molar-refractivity contribution in [1.82, 2.24) is 10.2 Å². The van der Waals surface area contributed by atoms with Crippen molar-refractivity contribution in [3.8, 4) is 0 Å². The van der Waals surface area contributed by atoms with Crippen molar-refractivity contribution < 1.29 is 0 Å². The number of hydrogen-bond acceptors (Lipinski definition) is 2. The predicted octanol–water partition coefficient (Wildman–Crippen LogP) is 3.08. The second-order valence-corrected chi connectivity index (χ2v) is 7.51. The minimum Gasteiger partial charge on any atom is -0.311 e. The van der Waals surface area contributed by atoms with Gasteiger partial charge in [0.25, 0.3) is 0 Å². The van der Waals surface area contributed by atoms with Gasteiger partial charge in [0.05, 0.1) is 0 Å². The first kappa shape index (κ1) is 13.8. The van der Waals surface area contributed by atoms with Crippen LogP contribution in [0, 0.1) is 11.8 Å². The van der Waals surface area contributed by atoms with E-state index < -0.39 is 0 Å². The highest BCUT2D eigenvalue weighted by Gasteiger charge is 2.46. The lowest BCUT2D eigenvalue weighted by molar-refractivity contribution is 0.0672. The zero-order valence-electron chi connectivity index (χ0n) is 13.2. The van der Waals surface area contributed by atoms with E-state index in [2.05, 4.69) is 47.5 Å². The Kier molecular flexibility index (Phi) is 3.76. The summed E-state index contributed by atoms with van der Waals surface area (Å²) >= 11 is 0.